The molecular weight excluding hydrogens is 446 g/mol. The summed E-state index contributed by atoms with van der Waals surface area (Å²) in [4.78, 5) is 34.4. The molecule has 1 aliphatic rings. The van der Waals surface area contributed by atoms with E-state index in [9.17, 15) is 27.2 Å². The minimum Gasteiger partial charge on any atom is -0.444 e. The summed E-state index contributed by atoms with van der Waals surface area (Å²) in [7, 11) is 1.15. The summed E-state index contributed by atoms with van der Waals surface area (Å²) in [6.45, 7) is 10.8. The van der Waals surface area contributed by atoms with Crippen LogP contribution < -0.4 is 5.32 Å². The van der Waals surface area contributed by atoms with Crippen LogP contribution in [0.4, 0.5) is 22.4 Å². The molecule has 2 amide bonds. The van der Waals surface area contributed by atoms with E-state index in [2.05, 4.69) is 22.0 Å². The van der Waals surface area contributed by atoms with Crippen molar-refractivity contribution in [3.8, 4) is 0 Å². The minimum atomic E-state index is -4.76. The number of amides is 2. The van der Waals surface area contributed by atoms with Crippen molar-refractivity contribution < 1.29 is 31.9 Å². The predicted molar refractivity (Wildman–Crippen MR) is 118 cm³/mol. The number of nitrogens with one attached hydrogen (secondary N) is 1. The van der Waals surface area contributed by atoms with E-state index < -0.39 is 48.0 Å². The predicted octanol–water partition coefficient (Wildman–Crippen LogP) is 3.68. The molecule has 12 heteroatoms. The van der Waals surface area contributed by atoms with Gasteiger partial charge in [0.05, 0.1) is 6.54 Å². The third-order valence-corrected chi connectivity index (χ3v) is 4.68. The first-order chi connectivity index (χ1) is 15.1. The van der Waals surface area contributed by atoms with Gasteiger partial charge in [0, 0.05) is 32.6 Å². The molecule has 0 saturated carbocycles. The van der Waals surface area contributed by atoms with E-state index in [4.69, 9.17) is 4.74 Å². The smallest absolute Gasteiger partial charge is 0.444 e. The zero-order chi connectivity index (χ0) is 25.6. The van der Waals surface area contributed by atoms with Gasteiger partial charge in [0.2, 0.25) is 11.7 Å². The van der Waals surface area contributed by atoms with Gasteiger partial charge in [-0.3, -0.25) is 19.7 Å². The Bertz CT molecular complexity index is 777. The molecule has 1 saturated heterocycles. The molecule has 1 heterocycles. The summed E-state index contributed by atoms with van der Waals surface area (Å²) in [5, 5.41) is 2.51. The highest BCUT2D eigenvalue weighted by Gasteiger charge is 2.44. The Morgan fingerprint density at radius 2 is 1.94 bits per heavy atom. The number of likely N-dealkylation sites (tertiary alicyclic amines) is 1. The van der Waals surface area contributed by atoms with Gasteiger partial charge in [0.1, 0.15) is 24.0 Å². The second-order valence-corrected chi connectivity index (χ2v) is 8.77. The summed E-state index contributed by atoms with van der Waals surface area (Å²) in [6, 6.07) is -1.23. The number of nitrogens with zero attached hydrogens (tertiary/aromatic N) is 4. The number of hydrogen-bond donors (Lipinski definition) is 1. The Kier molecular flexibility index (Phi) is 9.86. The number of amidine groups is 1. The zero-order valence-electron chi connectivity index (χ0n) is 19.9. The van der Waals surface area contributed by atoms with Gasteiger partial charge in [0.15, 0.2) is 0 Å². The van der Waals surface area contributed by atoms with Crippen LogP contribution in [-0.2, 0) is 9.53 Å². The van der Waals surface area contributed by atoms with E-state index in [1.807, 2.05) is 0 Å². The summed E-state index contributed by atoms with van der Waals surface area (Å²) in [5.74, 6) is -1.97. The molecule has 1 fully saturated rings. The van der Waals surface area contributed by atoms with E-state index in [1.54, 1.807) is 27.7 Å². The van der Waals surface area contributed by atoms with Crippen LogP contribution in [0.1, 0.15) is 47.5 Å². The van der Waals surface area contributed by atoms with Crippen molar-refractivity contribution in [1.82, 2.24) is 15.1 Å². The Balaban J connectivity index is 3.20. The van der Waals surface area contributed by atoms with Gasteiger partial charge in [-0.2, -0.15) is 13.2 Å². The summed E-state index contributed by atoms with van der Waals surface area (Å²) in [5.41, 5.74) is -0.327. The van der Waals surface area contributed by atoms with Crippen LogP contribution in [0.5, 0.6) is 0 Å². The van der Waals surface area contributed by atoms with Gasteiger partial charge >= 0.3 is 12.3 Å². The lowest BCUT2D eigenvalue weighted by Crippen LogP contribution is -2.56. The van der Waals surface area contributed by atoms with E-state index in [1.165, 1.54) is 13.1 Å². The first-order valence-electron chi connectivity index (χ1n) is 10.5. The third-order valence-electron chi connectivity index (χ3n) is 4.68. The van der Waals surface area contributed by atoms with Gasteiger partial charge < -0.3 is 15.0 Å². The highest BCUT2D eigenvalue weighted by Crippen LogP contribution is 2.25. The molecule has 8 nitrogen and oxygen atoms in total. The van der Waals surface area contributed by atoms with Crippen molar-refractivity contribution in [2.24, 2.45) is 9.98 Å². The molecule has 3 atom stereocenters. The normalized spacial score (nSPS) is 21.0. The standard InChI is InChI=1S/C21H33F4N5O3/c1-8-27-18(21(23,24)25)29(7)16(9-13(2)11-26-6)28-17(31)15-10-14(22)12-30(15)19(32)33-20(3,4)5/h11,14-16H,6,8-10,12H2,1-5,7H3,(H,28,31)/b13-11-,27-18?/t14-,15+,16?/m1/s1. The number of halogens is 4. The van der Waals surface area contributed by atoms with Crippen molar-refractivity contribution in [2.45, 2.75) is 77.6 Å². The van der Waals surface area contributed by atoms with Crippen molar-refractivity contribution in [1.29, 1.82) is 0 Å². The van der Waals surface area contributed by atoms with E-state index in [0.717, 1.165) is 16.8 Å². The lowest BCUT2D eigenvalue weighted by atomic mass is 10.1. The second-order valence-electron chi connectivity index (χ2n) is 8.77. The van der Waals surface area contributed by atoms with Gasteiger partial charge in [0.25, 0.3) is 0 Å². The topological polar surface area (TPSA) is 86.6 Å². The van der Waals surface area contributed by atoms with Crippen molar-refractivity contribution in [2.75, 3.05) is 20.1 Å². The summed E-state index contributed by atoms with van der Waals surface area (Å²) < 4.78 is 60.1. The van der Waals surface area contributed by atoms with Crippen LogP contribution in [0, 0.1) is 0 Å². The van der Waals surface area contributed by atoms with Crippen LogP contribution >= 0.6 is 0 Å². The van der Waals surface area contributed by atoms with Gasteiger partial charge in [-0.1, -0.05) is 5.57 Å². The number of aliphatic imine (C=N–C) groups is 2. The second kappa shape index (κ2) is 11.5. The maximum absolute atomic E-state index is 14.1. The molecule has 0 radical (unpaired) electrons. The number of carbonyl (C=O) groups excluding carboxylic acids is 2. The van der Waals surface area contributed by atoms with Gasteiger partial charge in [-0.25, -0.2) is 9.18 Å². The number of carbonyl (C=O) groups is 2. The first kappa shape index (κ1) is 28.4. The van der Waals surface area contributed by atoms with Crippen LogP contribution in [-0.4, -0.2) is 84.6 Å². The number of rotatable bonds is 7. The SMILES string of the molecule is C=N/C=C(/C)CC(NC(=O)[C@@H]1C[C@@H](F)CN1C(=O)OC(C)(C)C)N(C)C(=NCC)C(F)(F)F. The monoisotopic (exact) mass is 479 g/mol. The quantitative estimate of drug-likeness (QED) is 0.261. The number of hydrogen-bond acceptors (Lipinski definition) is 5. The van der Waals surface area contributed by atoms with E-state index in [-0.39, 0.29) is 25.9 Å². The van der Waals surface area contributed by atoms with Crippen molar-refractivity contribution >= 4 is 24.6 Å². The third kappa shape index (κ3) is 8.65. The molecular formula is C21H33F4N5O3. The van der Waals surface area contributed by atoms with Gasteiger partial charge in [-0.05, 0) is 41.3 Å². The highest BCUT2D eigenvalue weighted by molar-refractivity contribution is 5.89. The summed E-state index contributed by atoms with van der Waals surface area (Å²) >= 11 is 0. The largest absolute Gasteiger partial charge is 0.449 e. The van der Waals surface area contributed by atoms with Crippen molar-refractivity contribution in [3.05, 3.63) is 11.8 Å². The first-order valence-corrected chi connectivity index (χ1v) is 10.5. The zero-order valence-corrected chi connectivity index (χ0v) is 19.9. The maximum atomic E-state index is 14.1. The molecule has 0 aromatic carbocycles. The van der Waals surface area contributed by atoms with Crippen LogP contribution in [0.25, 0.3) is 0 Å². The van der Waals surface area contributed by atoms with Crippen LogP contribution in [0.3, 0.4) is 0 Å². The highest BCUT2D eigenvalue weighted by atomic mass is 19.4. The minimum absolute atomic E-state index is 0.0434. The lowest BCUT2D eigenvalue weighted by molar-refractivity contribution is -0.127. The molecule has 33 heavy (non-hydrogen) atoms. The molecule has 0 spiro atoms. The molecule has 1 rings (SSSR count). The summed E-state index contributed by atoms with van der Waals surface area (Å²) in [6.07, 6.45) is -7.27. The molecule has 1 aliphatic heterocycles. The Morgan fingerprint density at radius 1 is 1.33 bits per heavy atom. The molecule has 0 aliphatic carbocycles. The lowest BCUT2D eigenvalue weighted by Gasteiger charge is -2.34. The fourth-order valence-electron chi connectivity index (χ4n) is 3.31. The fraction of sp³-hybridized carbons (Fsp3) is 0.714. The Morgan fingerprint density at radius 3 is 2.42 bits per heavy atom. The molecule has 0 bridgehead atoms. The fourth-order valence-corrected chi connectivity index (χ4v) is 3.31. The number of ether oxygens (including phenoxy) is 1. The van der Waals surface area contributed by atoms with E-state index >= 15 is 0 Å². The average molecular weight is 480 g/mol. The Hall–Kier alpha value is -2.66. The van der Waals surface area contributed by atoms with Crippen LogP contribution in [0.15, 0.2) is 21.8 Å². The van der Waals surface area contributed by atoms with E-state index in [0.29, 0.717) is 5.57 Å². The molecule has 0 aromatic heterocycles. The van der Waals surface area contributed by atoms with Crippen LogP contribution in [0.2, 0.25) is 0 Å². The Labute approximate surface area is 191 Å². The average Bonchev–Trinajstić information content (AvgIpc) is 3.05. The molecule has 1 N–H and O–H groups in total. The van der Waals surface area contributed by atoms with Crippen molar-refractivity contribution in [3.63, 3.8) is 0 Å². The molecule has 188 valence electrons. The number of alkyl halides is 4. The van der Waals surface area contributed by atoms with Gasteiger partial charge in [-0.15, -0.1) is 0 Å². The molecule has 1 unspecified atom stereocenters. The maximum Gasteiger partial charge on any atom is 0.449 e. The molecule has 0 aromatic rings.